The molecule has 1 aromatic heterocycles. The van der Waals surface area contributed by atoms with Gasteiger partial charge < -0.3 is 10.2 Å². The number of benzene rings is 1. The van der Waals surface area contributed by atoms with Crippen LogP contribution in [0.15, 0.2) is 42.6 Å². The van der Waals surface area contributed by atoms with E-state index in [1.54, 1.807) is 30.5 Å². The van der Waals surface area contributed by atoms with E-state index in [1.807, 2.05) is 31.1 Å². The van der Waals surface area contributed by atoms with Gasteiger partial charge in [0.05, 0.1) is 5.75 Å². The Labute approximate surface area is 142 Å². The standard InChI is InChI=1S/C17H21N3O3S/c1-20(2)16-15(5-4-10-18-16)11-19-17(21)14-8-6-13(7-9-14)12-24(3,22)23/h4-10H,11-12H2,1-3H3,(H,19,21). The average molecular weight is 347 g/mol. The third-order valence-electron chi connectivity index (χ3n) is 3.38. The van der Waals surface area contributed by atoms with E-state index in [0.717, 1.165) is 11.4 Å². The number of aromatic nitrogens is 1. The molecule has 1 amide bonds. The summed E-state index contributed by atoms with van der Waals surface area (Å²) in [6, 6.07) is 10.3. The lowest BCUT2D eigenvalue weighted by molar-refractivity contribution is 0.0951. The minimum atomic E-state index is -3.08. The van der Waals surface area contributed by atoms with Crippen LogP contribution in [0.5, 0.6) is 0 Å². The predicted octanol–water partition coefficient (Wildman–Crippen LogP) is 1.62. The molecule has 128 valence electrons. The van der Waals surface area contributed by atoms with Crippen LogP contribution in [0.4, 0.5) is 5.82 Å². The second-order valence-corrected chi connectivity index (χ2v) is 7.97. The van der Waals surface area contributed by atoms with Gasteiger partial charge in [0, 0.05) is 44.2 Å². The highest BCUT2D eigenvalue weighted by Gasteiger charge is 2.10. The zero-order valence-electron chi connectivity index (χ0n) is 14.0. The van der Waals surface area contributed by atoms with Gasteiger partial charge >= 0.3 is 0 Å². The third kappa shape index (κ3) is 5.06. The molecule has 0 aliphatic rings. The van der Waals surface area contributed by atoms with Gasteiger partial charge in [-0.15, -0.1) is 0 Å². The number of pyridine rings is 1. The number of nitrogens with zero attached hydrogens (tertiary/aromatic N) is 2. The summed E-state index contributed by atoms with van der Waals surface area (Å²) in [7, 11) is 0.712. The van der Waals surface area contributed by atoms with Crippen molar-refractivity contribution < 1.29 is 13.2 Å². The first-order valence-electron chi connectivity index (χ1n) is 7.42. The molecular formula is C17H21N3O3S. The van der Waals surface area contributed by atoms with Crippen molar-refractivity contribution in [2.24, 2.45) is 0 Å². The highest BCUT2D eigenvalue weighted by Crippen LogP contribution is 2.14. The van der Waals surface area contributed by atoms with E-state index in [1.165, 1.54) is 6.26 Å². The largest absolute Gasteiger partial charge is 0.362 e. The fourth-order valence-electron chi connectivity index (χ4n) is 2.30. The number of anilines is 1. The van der Waals surface area contributed by atoms with E-state index in [4.69, 9.17) is 0 Å². The monoisotopic (exact) mass is 347 g/mol. The lowest BCUT2D eigenvalue weighted by Gasteiger charge is -2.16. The predicted molar refractivity (Wildman–Crippen MR) is 94.7 cm³/mol. The summed E-state index contributed by atoms with van der Waals surface area (Å²) < 4.78 is 22.6. The normalized spacial score (nSPS) is 11.1. The molecule has 1 heterocycles. The molecule has 7 heteroatoms. The molecule has 1 N–H and O–H groups in total. The van der Waals surface area contributed by atoms with E-state index in [-0.39, 0.29) is 11.7 Å². The zero-order chi connectivity index (χ0) is 17.7. The summed E-state index contributed by atoms with van der Waals surface area (Å²) in [5, 5.41) is 2.85. The Balaban J connectivity index is 2.03. The third-order valence-corrected chi connectivity index (χ3v) is 4.23. The van der Waals surface area contributed by atoms with Gasteiger partial charge in [0.1, 0.15) is 5.82 Å². The van der Waals surface area contributed by atoms with Crippen LogP contribution in [-0.2, 0) is 22.1 Å². The van der Waals surface area contributed by atoms with E-state index in [2.05, 4.69) is 10.3 Å². The number of hydrogen-bond acceptors (Lipinski definition) is 5. The first-order chi connectivity index (χ1) is 11.3. The summed E-state index contributed by atoms with van der Waals surface area (Å²) in [6.07, 6.45) is 2.89. The van der Waals surface area contributed by atoms with Crippen molar-refractivity contribution in [1.82, 2.24) is 10.3 Å². The van der Waals surface area contributed by atoms with Gasteiger partial charge in [0.15, 0.2) is 9.84 Å². The highest BCUT2D eigenvalue weighted by atomic mass is 32.2. The Morgan fingerprint density at radius 2 is 1.83 bits per heavy atom. The maximum Gasteiger partial charge on any atom is 0.251 e. The molecule has 0 saturated heterocycles. The Hall–Kier alpha value is -2.41. The quantitative estimate of drug-likeness (QED) is 0.859. The molecule has 0 unspecified atom stereocenters. The van der Waals surface area contributed by atoms with Gasteiger partial charge in [-0.05, 0) is 23.8 Å². The molecule has 0 aliphatic carbocycles. The van der Waals surface area contributed by atoms with E-state index < -0.39 is 9.84 Å². The topological polar surface area (TPSA) is 79.4 Å². The SMILES string of the molecule is CN(C)c1ncccc1CNC(=O)c1ccc(CS(C)(=O)=O)cc1. The van der Waals surface area contributed by atoms with Crippen LogP contribution < -0.4 is 10.2 Å². The Morgan fingerprint density at radius 1 is 1.17 bits per heavy atom. The molecule has 0 aliphatic heterocycles. The minimum absolute atomic E-state index is 0.0310. The summed E-state index contributed by atoms with van der Waals surface area (Å²) >= 11 is 0. The van der Waals surface area contributed by atoms with Crippen molar-refractivity contribution in [3.05, 3.63) is 59.3 Å². The smallest absolute Gasteiger partial charge is 0.251 e. The summed E-state index contributed by atoms with van der Waals surface area (Å²) in [5.41, 5.74) is 2.07. The van der Waals surface area contributed by atoms with Crippen molar-refractivity contribution in [3.63, 3.8) is 0 Å². The zero-order valence-corrected chi connectivity index (χ0v) is 14.8. The first kappa shape index (κ1) is 17.9. The molecule has 0 fully saturated rings. The Bertz CT molecular complexity index is 815. The van der Waals surface area contributed by atoms with Gasteiger partial charge in [-0.2, -0.15) is 0 Å². The number of carbonyl (C=O) groups excluding carboxylic acids is 1. The number of amides is 1. The summed E-state index contributed by atoms with van der Waals surface area (Å²) in [6.45, 7) is 0.366. The fraction of sp³-hybridized carbons (Fsp3) is 0.294. The van der Waals surface area contributed by atoms with Crippen molar-refractivity contribution in [2.45, 2.75) is 12.3 Å². The van der Waals surface area contributed by atoms with Crippen LogP contribution >= 0.6 is 0 Å². The van der Waals surface area contributed by atoms with Crippen LogP contribution in [0.25, 0.3) is 0 Å². The van der Waals surface area contributed by atoms with Gasteiger partial charge in [0.25, 0.3) is 5.91 Å². The number of carbonyl (C=O) groups is 1. The molecule has 0 bridgehead atoms. The number of sulfone groups is 1. The second kappa shape index (κ2) is 7.44. The van der Waals surface area contributed by atoms with Crippen LogP contribution in [0, 0.1) is 0 Å². The summed E-state index contributed by atoms with van der Waals surface area (Å²) in [5.74, 6) is 0.562. The maximum atomic E-state index is 12.2. The van der Waals surface area contributed by atoms with Crippen molar-refractivity contribution in [1.29, 1.82) is 0 Å². The number of rotatable bonds is 6. The second-order valence-electron chi connectivity index (χ2n) is 5.83. The van der Waals surface area contributed by atoms with Gasteiger partial charge in [-0.1, -0.05) is 18.2 Å². The minimum Gasteiger partial charge on any atom is -0.362 e. The average Bonchev–Trinajstić information content (AvgIpc) is 2.52. The molecule has 0 radical (unpaired) electrons. The first-order valence-corrected chi connectivity index (χ1v) is 9.48. The lowest BCUT2D eigenvalue weighted by atomic mass is 10.1. The highest BCUT2D eigenvalue weighted by molar-refractivity contribution is 7.89. The van der Waals surface area contributed by atoms with Crippen molar-refractivity contribution in [3.8, 4) is 0 Å². The number of nitrogens with one attached hydrogen (secondary N) is 1. The molecule has 2 rings (SSSR count). The number of hydrogen-bond donors (Lipinski definition) is 1. The summed E-state index contributed by atoms with van der Waals surface area (Å²) in [4.78, 5) is 18.4. The molecule has 0 saturated carbocycles. The van der Waals surface area contributed by atoms with E-state index >= 15 is 0 Å². The molecule has 0 spiro atoms. The molecule has 6 nitrogen and oxygen atoms in total. The van der Waals surface area contributed by atoms with Gasteiger partial charge in [-0.25, -0.2) is 13.4 Å². The fourth-order valence-corrected chi connectivity index (χ4v) is 3.10. The molecule has 0 atom stereocenters. The van der Waals surface area contributed by atoms with Crippen LogP contribution in [0.2, 0.25) is 0 Å². The lowest BCUT2D eigenvalue weighted by Crippen LogP contribution is -2.24. The molecule has 2 aromatic rings. The van der Waals surface area contributed by atoms with Crippen molar-refractivity contribution in [2.75, 3.05) is 25.3 Å². The van der Waals surface area contributed by atoms with Crippen molar-refractivity contribution >= 4 is 21.6 Å². The maximum absolute atomic E-state index is 12.2. The molecule has 1 aromatic carbocycles. The molecule has 24 heavy (non-hydrogen) atoms. The van der Waals surface area contributed by atoms with E-state index in [9.17, 15) is 13.2 Å². The van der Waals surface area contributed by atoms with Gasteiger partial charge in [0.2, 0.25) is 0 Å². The van der Waals surface area contributed by atoms with E-state index in [0.29, 0.717) is 17.7 Å². The van der Waals surface area contributed by atoms with Gasteiger partial charge in [-0.3, -0.25) is 4.79 Å². The molecular weight excluding hydrogens is 326 g/mol. The Kier molecular flexibility index (Phi) is 5.56. The van der Waals surface area contributed by atoms with Crippen LogP contribution in [-0.4, -0.2) is 39.7 Å². The van der Waals surface area contributed by atoms with Crippen LogP contribution in [0.3, 0.4) is 0 Å². The van der Waals surface area contributed by atoms with Crippen LogP contribution in [0.1, 0.15) is 21.5 Å². The Morgan fingerprint density at radius 3 is 2.42 bits per heavy atom.